The van der Waals surface area contributed by atoms with E-state index in [1.807, 2.05) is 51.4 Å². The third-order valence-corrected chi connectivity index (χ3v) is 5.09. The average molecular weight is 446 g/mol. The van der Waals surface area contributed by atoms with E-state index in [9.17, 15) is 10.1 Å². The van der Waals surface area contributed by atoms with Crippen LogP contribution >= 0.6 is 0 Å². The van der Waals surface area contributed by atoms with Gasteiger partial charge >= 0.3 is 0 Å². The van der Waals surface area contributed by atoms with E-state index in [-0.39, 0.29) is 0 Å². The zero-order chi connectivity index (χ0) is 24.2. The lowest BCUT2D eigenvalue weighted by molar-refractivity contribution is -0.104. The van der Waals surface area contributed by atoms with Gasteiger partial charge in [-0.15, -0.1) is 0 Å². The van der Waals surface area contributed by atoms with E-state index in [0.29, 0.717) is 40.3 Å². The molecule has 2 aromatic carbocycles. The number of nitrogens with zero attached hydrogens (tertiary/aromatic N) is 2. The molecule has 2 aromatic rings. The number of likely N-dealkylation sites (N-methyl/N-ethyl adjacent to an activating group) is 1. The number of methoxy groups -OCH3 is 1. The van der Waals surface area contributed by atoms with Gasteiger partial charge in [-0.1, -0.05) is 30.9 Å². The van der Waals surface area contributed by atoms with Gasteiger partial charge in [0.25, 0.3) is 0 Å². The van der Waals surface area contributed by atoms with Crippen molar-refractivity contribution in [3.63, 3.8) is 0 Å². The van der Waals surface area contributed by atoms with Crippen LogP contribution in [0.5, 0.6) is 11.5 Å². The van der Waals surface area contributed by atoms with Crippen molar-refractivity contribution in [3.05, 3.63) is 83.1 Å². The zero-order valence-electron chi connectivity index (χ0n) is 19.7. The fraction of sp³-hybridized carbons (Fsp3) is 0.259. The van der Waals surface area contributed by atoms with Gasteiger partial charge in [0.1, 0.15) is 11.5 Å². The molecule has 0 aliphatic rings. The average Bonchev–Trinajstić information content (AvgIpc) is 2.82. The third kappa shape index (κ3) is 6.66. The minimum atomic E-state index is 0.442. The maximum atomic E-state index is 12.2. The lowest BCUT2D eigenvalue weighted by Gasteiger charge is -2.18. The monoisotopic (exact) mass is 445 g/mol. The molecule has 0 bridgehead atoms. The van der Waals surface area contributed by atoms with E-state index in [1.54, 1.807) is 25.3 Å². The molecule has 2 rings (SSSR count). The Kier molecular flexibility index (Phi) is 10.1. The second kappa shape index (κ2) is 13.0. The van der Waals surface area contributed by atoms with Gasteiger partial charge in [0.2, 0.25) is 0 Å². The lowest BCUT2D eigenvalue weighted by Crippen LogP contribution is -2.26. The van der Waals surface area contributed by atoms with Crippen molar-refractivity contribution < 1.29 is 14.3 Å². The lowest BCUT2D eigenvalue weighted by atomic mass is 9.92. The molecular formula is C27H31N3O3. The van der Waals surface area contributed by atoms with Crippen LogP contribution in [0.3, 0.4) is 0 Å². The molecule has 0 unspecified atom stereocenters. The van der Waals surface area contributed by atoms with Crippen LogP contribution in [0, 0.1) is 11.3 Å². The number of carbonyl (C=O) groups is 1. The first-order valence-corrected chi connectivity index (χ1v) is 10.7. The molecule has 0 saturated carbocycles. The van der Waals surface area contributed by atoms with Crippen LogP contribution < -0.4 is 14.8 Å². The quantitative estimate of drug-likeness (QED) is 0.171. The Balaban J connectivity index is 2.58. The van der Waals surface area contributed by atoms with E-state index in [2.05, 4.69) is 22.9 Å². The Hall–Kier alpha value is -3.66. The van der Waals surface area contributed by atoms with Gasteiger partial charge in [0.15, 0.2) is 6.29 Å². The first-order valence-electron chi connectivity index (χ1n) is 10.7. The Morgan fingerprint density at radius 2 is 2.00 bits per heavy atom. The Morgan fingerprint density at radius 3 is 2.61 bits per heavy atom. The number of nitrogens with one attached hydrogen (secondary N) is 1. The molecule has 1 N–H and O–H groups in total. The highest BCUT2D eigenvalue weighted by molar-refractivity contribution is 6.04. The molecule has 0 spiro atoms. The van der Waals surface area contributed by atoms with Crippen molar-refractivity contribution >= 4 is 17.9 Å². The van der Waals surface area contributed by atoms with Gasteiger partial charge < -0.3 is 19.7 Å². The largest absolute Gasteiger partial charge is 0.496 e. The summed E-state index contributed by atoms with van der Waals surface area (Å²) in [5, 5.41) is 13.0. The third-order valence-electron chi connectivity index (χ3n) is 5.09. The number of allylic oxidation sites excluding steroid dienone is 3. The number of hydrogen-bond donors (Lipinski definition) is 1. The minimum absolute atomic E-state index is 0.442. The van der Waals surface area contributed by atoms with Crippen LogP contribution in [-0.2, 0) is 11.3 Å². The van der Waals surface area contributed by atoms with Crippen molar-refractivity contribution in [2.45, 2.75) is 13.5 Å². The number of carbonyl (C=O) groups excluding carboxylic acids is 1. The van der Waals surface area contributed by atoms with Crippen molar-refractivity contribution in [2.75, 3.05) is 34.3 Å². The summed E-state index contributed by atoms with van der Waals surface area (Å²) in [5.41, 5.74) is 3.86. The van der Waals surface area contributed by atoms with Crippen LogP contribution in [0.15, 0.2) is 60.9 Å². The molecule has 0 aliphatic carbocycles. The van der Waals surface area contributed by atoms with Crippen LogP contribution in [0.2, 0.25) is 0 Å². The summed E-state index contributed by atoms with van der Waals surface area (Å²) < 4.78 is 11.2. The Bertz CT molecular complexity index is 1080. The van der Waals surface area contributed by atoms with E-state index < -0.39 is 0 Å². The van der Waals surface area contributed by atoms with Gasteiger partial charge in [0.05, 0.1) is 25.0 Å². The summed E-state index contributed by atoms with van der Waals surface area (Å²) in [6.07, 6.45) is 5.79. The molecule has 0 aliphatic heterocycles. The molecule has 172 valence electrons. The van der Waals surface area contributed by atoms with E-state index in [1.165, 1.54) is 6.26 Å². The minimum Gasteiger partial charge on any atom is -0.496 e. The fourth-order valence-corrected chi connectivity index (χ4v) is 3.46. The van der Waals surface area contributed by atoms with Crippen LogP contribution in [-0.4, -0.2) is 45.5 Å². The summed E-state index contributed by atoms with van der Waals surface area (Å²) in [5.74, 6) is 1.17. The highest BCUT2D eigenvalue weighted by Crippen LogP contribution is 2.36. The molecule has 0 saturated heterocycles. The van der Waals surface area contributed by atoms with Gasteiger partial charge in [-0.25, -0.2) is 0 Å². The summed E-state index contributed by atoms with van der Waals surface area (Å²) in [7, 11) is 5.60. The van der Waals surface area contributed by atoms with E-state index in [0.717, 1.165) is 30.5 Å². The predicted molar refractivity (Wildman–Crippen MR) is 133 cm³/mol. The summed E-state index contributed by atoms with van der Waals surface area (Å²) >= 11 is 0. The number of benzene rings is 2. The van der Waals surface area contributed by atoms with E-state index in [4.69, 9.17) is 9.47 Å². The Labute approximate surface area is 196 Å². The summed E-state index contributed by atoms with van der Waals surface area (Å²) in [4.78, 5) is 14.2. The first-order chi connectivity index (χ1) is 16.0. The van der Waals surface area contributed by atoms with Gasteiger partial charge in [0, 0.05) is 41.9 Å². The number of aldehydes is 1. The molecule has 0 radical (unpaired) electrons. The number of hydrogen-bond acceptors (Lipinski definition) is 6. The molecule has 0 atom stereocenters. The molecular weight excluding hydrogens is 414 g/mol. The molecule has 6 heteroatoms. The van der Waals surface area contributed by atoms with Crippen LogP contribution in [0.25, 0.3) is 11.6 Å². The summed E-state index contributed by atoms with van der Waals surface area (Å²) in [6, 6.07) is 13.3. The van der Waals surface area contributed by atoms with E-state index >= 15 is 0 Å². The Morgan fingerprint density at radius 1 is 1.24 bits per heavy atom. The molecule has 0 fully saturated rings. The maximum absolute atomic E-state index is 12.2. The number of rotatable bonds is 12. The number of para-hydroxylation sites is 1. The normalized spacial score (nSPS) is 11.8. The molecule has 33 heavy (non-hydrogen) atoms. The van der Waals surface area contributed by atoms with Crippen molar-refractivity contribution in [1.82, 2.24) is 10.2 Å². The summed E-state index contributed by atoms with van der Waals surface area (Å²) in [6.45, 7) is 7.61. The smallest absolute Gasteiger partial charge is 0.150 e. The first kappa shape index (κ1) is 25.6. The second-order valence-corrected chi connectivity index (χ2v) is 7.51. The zero-order valence-corrected chi connectivity index (χ0v) is 19.7. The van der Waals surface area contributed by atoms with Crippen LogP contribution in [0.1, 0.15) is 29.2 Å². The second-order valence-electron chi connectivity index (χ2n) is 7.51. The number of nitriles is 1. The molecule has 0 aromatic heterocycles. The van der Waals surface area contributed by atoms with Crippen molar-refractivity contribution in [3.8, 4) is 17.6 Å². The van der Waals surface area contributed by atoms with Crippen LogP contribution in [0.4, 0.5) is 0 Å². The number of ether oxygens (including phenoxy) is 2. The standard InChI is InChI=1S/C27H31N3O3/c1-6-23(22(19-31)16-20-10-8-9-11-26(20)32-5)24-13-12-21(17-28)25(27(24)33-7-2)18-29-14-15-30(3)4/h6-13,16,19,29H,2,14-15,18H2,1,3-5H3/b22-16+,23-6-. The highest BCUT2D eigenvalue weighted by Gasteiger charge is 2.19. The van der Waals surface area contributed by atoms with Gasteiger partial charge in [-0.05, 0) is 50.9 Å². The fourth-order valence-electron chi connectivity index (χ4n) is 3.46. The molecule has 0 heterocycles. The van der Waals surface area contributed by atoms with Crippen molar-refractivity contribution in [2.24, 2.45) is 0 Å². The molecule has 0 amide bonds. The molecule has 6 nitrogen and oxygen atoms in total. The topological polar surface area (TPSA) is 74.6 Å². The van der Waals surface area contributed by atoms with Gasteiger partial charge in [-0.3, -0.25) is 4.79 Å². The predicted octanol–water partition coefficient (Wildman–Crippen LogP) is 4.43. The van der Waals surface area contributed by atoms with Gasteiger partial charge in [-0.2, -0.15) is 5.26 Å². The van der Waals surface area contributed by atoms with Crippen molar-refractivity contribution in [1.29, 1.82) is 5.26 Å². The highest BCUT2D eigenvalue weighted by atomic mass is 16.5. The maximum Gasteiger partial charge on any atom is 0.150 e. The SMILES string of the molecule is C=COc1c(C(=C\C)/C(C=O)=C/c2ccccc2OC)ccc(C#N)c1CNCCN(C)C.